The first-order valence-electron chi connectivity index (χ1n) is 6.06. The van der Waals surface area contributed by atoms with E-state index in [1.165, 1.54) is 0 Å². The molecule has 1 heterocycles. The van der Waals surface area contributed by atoms with Gasteiger partial charge in [-0.15, -0.1) is 0 Å². The number of rotatable bonds is 6. The van der Waals surface area contributed by atoms with E-state index >= 15 is 0 Å². The van der Waals surface area contributed by atoms with Crippen molar-refractivity contribution < 1.29 is 5.11 Å². The number of para-hydroxylation sites is 2. The highest BCUT2D eigenvalue weighted by atomic mass is 16.3. The first-order chi connectivity index (χ1) is 8.36. The van der Waals surface area contributed by atoms with Crippen molar-refractivity contribution in [1.82, 2.24) is 14.9 Å². The second kappa shape index (κ2) is 5.80. The molecule has 1 aromatic carbocycles. The molecule has 0 unspecified atom stereocenters. The van der Waals surface area contributed by atoms with Crippen molar-refractivity contribution in [3.8, 4) is 0 Å². The smallest absolute Gasteiger partial charge is 0.109 e. The van der Waals surface area contributed by atoms with Gasteiger partial charge in [0.15, 0.2) is 0 Å². The van der Waals surface area contributed by atoms with Crippen LogP contribution in [-0.4, -0.2) is 34.9 Å². The van der Waals surface area contributed by atoms with Crippen LogP contribution in [0, 0.1) is 0 Å². The predicted octanol–water partition coefficient (Wildman–Crippen LogP) is 1.18. The fourth-order valence-corrected chi connectivity index (χ4v) is 2.09. The van der Waals surface area contributed by atoms with Gasteiger partial charge in [-0.05, 0) is 32.1 Å². The van der Waals surface area contributed by atoms with Crippen LogP contribution in [0.25, 0.3) is 11.0 Å². The number of benzene rings is 1. The topological polar surface area (TPSA) is 50.1 Å². The molecule has 92 valence electrons. The van der Waals surface area contributed by atoms with Gasteiger partial charge < -0.3 is 15.0 Å². The summed E-state index contributed by atoms with van der Waals surface area (Å²) in [5.74, 6) is 1.07. The number of aromatic nitrogens is 2. The summed E-state index contributed by atoms with van der Waals surface area (Å²) in [7, 11) is 1.96. The molecule has 0 spiro atoms. The van der Waals surface area contributed by atoms with Crippen molar-refractivity contribution in [3.63, 3.8) is 0 Å². The van der Waals surface area contributed by atoms with E-state index in [4.69, 9.17) is 5.11 Å². The minimum absolute atomic E-state index is 0.152. The Morgan fingerprint density at radius 1 is 1.35 bits per heavy atom. The number of aliphatic hydroxyl groups excluding tert-OH is 1. The van der Waals surface area contributed by atoms with Crippen LogP contribution in [0.2, 0.25) is 0 Å². The molecule has 0 atom stereocenters. The summed E-state index contributed by atoms with van der Waals surface area (Å²) in [6, 6.07) is 8.08. The molecule has 0 aliphatic rings. The van der Waals surface area contributed by atoms with E-state index in [0.717, 1.165) is 36.2 Å². The number of hydrogen-bond acceptors (Lipinski definition) is 3. The Morgan fingerprint density at radius 3 is 2.94 bits per heavy atom. The predicted molar refractivity (Wildman–Crippen MR) is 69.1 cm³/mol. The Labute approximate surface area is 101 Å². The highest BCUT2D eigenvalue weighted by Crippen LogP contribution is 2.16. The lowest BCUT2D eigenvalue weighted by molar-refractivity contribution is 0.276. The van der Waals surface area contributed by atoms with Crippen molar-refractivity contribution in [2.45, 2.75) is 19.4 Å². The van der Waals surface area contributed by atoms with Crippen molar-refractivity contribution in [1.29, 1.82) is 0 Å². The molecule has 2 N–H and O–H groups in total. The molecule has 4 heteroatoms. The molecular weight excluding hydrogens is 214 g/mol. The zero-order valence-corrected chi connectivity index (χ0v) is 10.2. The van der Waals surface area contributed by atoms with Crippen molar-refractivity contribution in [2.75, 3.05) is 20.2 Å². The first kappa shape index (κ1) is 12.1. The maximum absolute atomic E-state index is 9.13. The molecule has 2 aromatic rings. The van der Waals surface area contributed by atoms with E-state index in [1.54, 1.807) is 0 Å². The molecule has 0 bridgehead atoms. The Balaban J connectivity index is 2.29. The zero-order chi connectivity index (χ0) is 12.1. The number of hydrogen-bond donors (Lipinski definition) is 2. The van der Waals surface area contributed by atoms with E-state index < -0.39 is 0 Å². The lowest BCUT2D eigenvalue weighted by Gasteiger charge is -2.06. The van der Waals surface area contributed by atoms with E-state index in [9.17, 15) is 0 Å². The third kappa shape index (κ3) is 2.65. The summed E-state index contributed by atoms with van der Waals surface area (Å²) in [5, 5.41) is 12.3. The molecule has 17 heavy (non-hydrogen) atoms. The molecule has 1 aromatic heterocycles. The van der Waals surface area contributed by atoms with Crippen LogP contribution in [-0.2, 0) is 13.0 Å². The fraction of sp³-hybridized carbons (Fsp3) is 0.462. The Hall–Kier alpha value is -1.39. The van der Waals surface area contributed by atoms with Crippen molar-refractivity contribution >= 4 is 11.0 Å². The van der Waals surface area contributed by atoms with Crippen LogP contribution in [0.3, 0.4) is 0 Å². The number of aryl methyl sites for hydroxylation is 1. The van der Waals surface area contributed by atoms with Gasteiger partial charge in [-0.1, -0.05) is 12.1 Å². The standard InChI is InChI=1S/C13H19N3O/c1-14-8-4-7-13-15-11-5-2-3-6-12(11)16(13)9-10-17/h2-3,5-6,14,17H,4,7-10H2,1H3. The zero-order valence-electron chi connectivity index (χ0n) is 10.2. The Morgan fingerprint density at radius 2 is 2.18 bits per heavy atom. The van der Waals surface area contributed by atoms with Gasteiger partial charge in [-0.3, -0.25) is 0 Å². The van der Waals surface area contributed by atoms with Gasteiger partial charge in [0.1, 0.15) is 5.82 Å². The number of fused-ring (bicyclic) bond motifs is 1. The van der Waals surface area contributed by atoms with Crippen LogP contribution in [0.1, 0.15) is 12.2 Å². The summed E-state index contributed by atoms with van der Waals surface area (Å²) >= 11 is 0. The highest BCUT2D eigenvalue weighted by molar-refractivity contribution is 5.75. The minimum Gasteiger partial charge on any atom is -0.395 e. The molecular formula is C13H19N3O. The van der Waals surface area contributed by atoms with Crippen LogP contribution < -0.4 is 5.32 Å². The SMILES string of the molecule is CNCCCc1nc2ccccc2n1CCO. The molecule has 0 fully saturated rings. The minimum atomic E-state index is 0.152. The molecule has 0 aliphatic carbocycles. The van der Waals surface area contributed by atoms with Gasteiger partial charge in [0.25, 0.3) is 0 Å². The average molecular weight is 233 g/mol. The lowest BCUT2D eigenvalue weighted by atomic mass is 10.3. The first-order valence-corrected chi connectivity index (χ1v) is 6.06. The van der Waals surface area contributed by atoms with Crippen molar-refractivity contribution in [2.24, 2.45) is 0 Å². The van der Waals surface area contributed by atoms with E-state index in [1.807, 2.05) is 25.2 Å². The van der Waals surface area contributed by atoms with Crippen molar-refractivity contribution in [3.05, 3.63) is 30.1 Å². The third-order valence-electron chi connectivity index (χ3n) is 2.88. The van der Waals surface area contributed by atoms with Crippen LogP contribution >= 0.6 is 0 Å². The summed E-state index contributed by atoms with van der Waals surface area (Å²) < 4.78 is 2.12. The molecule has 0 amide bonds. The Kier molecular flexibility index (Phi) is 4.12. The highest BCUT2D eigenvalue weighted by Gasteiger charge is 2.08. The largest absolute Gasteiger partial charge is 0.395 e. The fourth-order valence-electron chi connectivity index (χ4n) is 2.09. The van der Waals surface area contributed by atoms with E-state index in [2.05, 4.69) is 20.9 Å². The molecule has 0 radical (unpaired) electrons. The normalized spacial score (nSPS) is 11.2. The van der Waals surface area contributed by atoms with Gasteiger partial charge in [0, 0.05) is 13.0 Å². The molecule has 0 saturated heterocycles. The van der Waals surface area contributed by atoms with Gasteiger partial charge in [0.05, 0.1) is 17.6 Å². The second-order valence-electron chi connectivity index (χ2n) is 4.10. The lowest BCUT2D eigenvalue weighted by Crippen LogP contribution is -2.12. The van der Waals surface area contributed by atoms with Gasteiger partial charge in [-0.25, -0.2) is 4.98 Å². The van der Waals surface area contributed by atoms with Gasteiger partial charge in [-0.2, -0.15) is 0 Å². The number of imidazole rings is 1. The van der Waals surface area contributed by atoms with E-state index in [-0.39, 0.29) is 6.61 Å². The maximum Gasteiger partial charge on any atom is 0.109 e. The maximum atomic E-state index is 9.13. The third-order valence-corrected chi connectivity index (χ3v) is 2.88. The summed E-state index contributed by atoms with van der Waals surface area (Å²) in [5.41, 5.74) is 2.13. The quantitative estimate of drug-likeness (QED) is 0.737. The summed E-state index contributed by atoms with van der Waals surface area (Å²) in [4.78, 5) is 4.63. The monoisotopic (exact) mass is 233 g/mol. The second-order valence-corrected chi connectivity index (χ2v) is 4.10. The van der Waals surface area contributed by atoms with Crippen LogP contribution in [0.15, 0.2) is 24.3 Å². The molecule has 0 saturated carbocycles. The molecule has 4 nitrogen and oxygen atoms in total. The molecule has 0 aliphatic heterocycles. The summed E-state index contributed by atoms with van der Waals surface area (Å²) in [6.45, 7) is 1.76. The average Bonchev–Trinajstić information content (AvgIpc) is 2.69. The summed E-state index contributed by atoms with van der Waals surface area (Å²) in [6.07, 6.45) is 2.00. The van der Waals surface area contributed by atoms with Crippen LogP contribution in [0.5, 0.6) is 0 Å². The van der Waals surface area contributed by atoms with Gasteiger partial charge in [0.2, 0.25) is 0 Å². The Bertz CT molecular complexity index is 478. The number of nitrogens with zero attached hydrogens (tertiary/aromatic N) is 2. The van der Waals surface area contributed by atoms with Gasteiger partial charge >= 0.3 is 0 Å². The number of aliphatic hydroxyl groups is 1. The molecule has 2 rings (SSSR count). The van der Waals surface area contributed by atoms with Crippen LogP contribution in [0.4, 0.5) is 0 Å². The van der Waals surface area contributed by atoms with E-state index in [0.29, 0.717) is 6.54 Å². The number of nitrogens with one attached hydrogen (secondary N) is 1.